The average molecular weight is 303 g/mol. The quantitative estimate of drug-likeness (QED) is 0.832. The highest BCUT2D eigenvalue weighted by atomic mass is 35.5. The molecule has 1 heterocycles. The van der Waals surface area contributed by atoms with E-state index in [0.717, 1.165) is 28.6 Å². The van der Waals surface area contributed by atoms with Crippen LogP contribution in [-0.2, 0) is 0 Å². The Labute approximate surface area is 122 Å². The Morgan fingerprint density at radius 3 is 2.78 bits per heavy atom. The molecule has 1 aromatic rings. The Morgan fingerprint density at radius 1 is 1.44 bits per heavy atom. The van der Waals surface area contributed by atoms with E-state index < -0.39 is 0 Å². The van der Waals surface area contributed by atoms with Crippen molar-refractivity contribution in [2.24, 2.45) is 4.99 Å². The number of benzene rings is 1. The Kier molecular flexibility index (Phi) is 4.15. The van der Waals surface area contributed by atoms with Gasteiger partial charge in [0.2, 0.25) is 0 Å². The third kappa shape index (κ3) is 2.79. The van der Waals surface area contributed by atoms with Crippen LogP contribution in [0, 0.1) is 6.92 Å². The van der Waals surface area contributed by atoms with Crippen molar-refractivity contribution in [1.29, 1.82) is 0 Å². The summed E-state index contributed by atoms with van der Waals surface area (Å²) in [7, 11) is 0. The van der Waals surface area contributed by atoms with Crippen LogP contribution in [-0.4, -0.2) is 16.5 Å². The Bertz CT molecular complexity index is 502. The molecular formula is C13H16Cl2N2S. The van der Waals surface area contributed by atoms with Gasteiger partial charge in [-0.1, -0.05) is 48.0 Å². The van der Waals surface area contributed by atoms with Gasteiger partial charge in [-0.05, 0) is 31.9 Å². The second kappa shape index (κ2) is 5.32. The number of hydrogen-bond donors (Lipinski definition) is 1. The van der Waals surface area contributed by atoms with Crippen LogP contribution in [0.2, 0.25) is 10.0 Å². The normalized spacial score (nSPS) is 23.1. The molecule has 2 rings (SSSR count). The second-order valence-electron chi connectivity index (χ2n) is 4.73. The number of thioether (sulfide) groups is 1. The summed E-state index contributed by atoms with van der Waals surface area (Å²) >= 11 is 14.2. The largest absolute Gasteiger partial charge is 0.333 e. The number of nitrogens with zero attached hydrogens (tertiary/aromatic N) is 1. The summed E-state index contributed by atoms with van der Waals surface area (Å²) in [6.07, 6.45) is 1.03. The van der Waals surface area contributed by atoms with E-state index in [2.05, 4.69) is 19.2 Å². The topological polar surface area (TPSA) is 24.4 Å². The van der Waals surface area contributed by atoms with E-state index in [9.17, 15) is 0 Å². The number of halogens is 2. The molecule has 1 aliphatic rings. The molecule has 0 saturated carbocycles. The molecule has 0 saturated heterocycles. The first-order valence-electron chi connectivity index (χ1n) is 5.89. The molecule has 0 radical (unpaired) electrons. The molecule has 1 atom stereocenters. The van der Waals surface area contributed by atoms with Crippen molar-refractivity contribution in [2.75, 3.05) is 11.1 Å². The molecule has 1 aromatic carbocycles. The van der Waals surface area contributed by atoms with Gasteiger partial charge in [-0.2, -0.15) is 0 Å². The molecule has 0 aliphatic carbocycles. The van der Waals surface area contributed by atoms with E-state index >= 15 is 0 Å². The lowest BCUT2D eigenvalue weighted by atomic mass is 10.0. The lowest BCUT2D eigenvalue weighted by Gasteiger charge is -2.15. The number of amidine groups is 1. The van der Waals surface area contributed by atoms with Crippen molar-refractivity contribution >= 4 is 45.8 Å². The van der Waals surface area contributed by atoms with E-state index in [1.54, 1.807) is 11.8 Å². The highest BCUT2D eigenvalue weighted by Crippen LogP contribution is 2.36. The SMILES string of the molecule is CCC1(C)CSC(Nc2c(Cl)ccc(C)c2Cl)=N1. The fraction of sp³-hybridized carbons (Fsp3) is 0.462. The van der Waals surface area contributed by atoms with Gasteiger partial charge < -0.3 is 5.32 Å². The minimum absolute atomic E-state index is 0.0236. The molecule has 0 bridgehead atoms. The highest BCUT2D eigenvalue weighted by molar-refractivity contribution is 8.14. The fourth-order valence-corrected chi connectivity index (χ4v) is 3.30. The molecule has 98 valence electrons. The molecular weight excluding hydrogens is 287 g/mol. The van der Waals surface area contributed by atoms with Crippen molar-refractivity contribution in [1.82, 2.24) is 0 Å². The van der Waals surface area contributed by atoms with Crippen LogP contribution in [0.4, 0.5) is 5.69 Å². The van der Waals surface area contributed by atoms with Gasteiger partial charge in [-0.15, -0.1) is 0 Å². The standard InChI is InChI=1S/C13H16Cl2N2S/c1-4-13(3)7-18-12(17-13)16-11-9(14)6-5-8(2)10(11)15/h5-6H,4,7H2,1-3H3,(H,16,17). The van der Waals surface area contributed by atoms with Crippen molar-refractivity contribution in [3.8, 4) is 0 Å². The molecule has 0 amide bonds. The van der Waals surface area contributed by atoms with Crippen LogP contribution >= 0.6 is 35.0 Å². The molecule has 2 nitrogen and oxygen atoms in total. The second-order valence-corrected chi connectivity index (χ2v) is 6.48. The third-order valence-corrected chi connectivity index (χ3v) is 5.20. The molecule has 1 unspecified atom stereocenters. The summed E-state index contributed by atoms with van der Waals surface area (Å²) in [5.74, 6) is 0.993. The maximum absolute atomic E-state index is 6.27. The van der Waals surface area contributed by atoms with Gasteiger partial charge in [-0.3, -0.25) is 4.99 Å². The summed E-state index contributed by atoms with van der Waals surface area (Å²) in [4.78, 5) is 4.70. The van der Waals surface area contributed by atoms with Crippen molar-refractivity contribution in [2.45, 2.75) is 32.7 Å². The monoisotopic (exact) mass is 302 g/mol. The van der Waals surface area contributed by atoms with Crippen molar-refractivity contribution in [3.05, 3.63) is 27.7 Å². The highest BCUT2D eigenvalue weighted by Gasteiger charge is 2.29. The van der Waals surface area contributed by atoms with Gasteiger partial charge >= 0.3 is 0 Å². The zero-order valence-corrected chi connectivity index (χ0v) is 13.0. The summed E-state index contributed by atoms with van der Waals surface area (Å²) in [6, 6.07) is 3.76. The maximum Gasteiger partial charge on any atom is 0.161 e. The van der Waals surface area contributed by atoms with E-state index in [4.69, 9.17) is 28.2 Å². The van der Waals surface area contributed by atoms with Gasteiger partial charge in [0.25, 0.3) is 0 Å². The van der Waals surface area contributed by atoms with E-state index in [1.807, 2.05) is 19.1 Å². The van der Waals surface area contributed by atoms with E-state index in [0.29, 0.717) is 10.0 Å². The van der Waals surface area contributed by atoms with Gasteiger partial charge in [-0.25, -0.2) is 0 Å². The first kappa shape index (κ1) is 14.0. The van der Waals surface area contributed by atoms with Crippen molar-refractivity contribution in [3.63, 3.8) is 0 Å². The number of aryl methyl sites for hydroxylation is 1. The Morgan fingerprint density at radius 2 is 2.17 bits per heavy atom. The first-order chi connectivity index (χ1) is 8.45. The van der Waals surface area contributed by atoms with Crippen LogP contribution < -0.4 is 5.32 Å². The molecule has 5 heteroatoms. The molecule has 1 N–H and O–H groups in total. The number of nitrogens with one attached hydrogen (secondary N) is 1. The fourth-order valence-electron chi connectivity index (χ4n) is 1.66. The number of aliphatic imine (C=N–C) groups is 1. The number of anilines is 1. The smallest absolute Gasteiger partial charge is 0.161 e. The predicted molar refractivity (Wildman–Crippen MR) is 83.4 cm³/mol. The molecule has 1 aliphatic heterocycles. The summed E-state index contributed by atoms with van der Waals surface area (Å²) in [6.45, 7) is 6.28. The minimum Gasteiger partial charge on any atom is -0.333 e. The molecule has 0 fully saturated rings. The number of hydrogen-bond acceptors (Lipinski definition) is 3. The molecule has 18 heavy (non-hydrogen) atoms. The summed E-state index contributed by atoms with van der Waals surface area (Å²) in [5.41, 5.74) is 1.78. The van der Waals surface area contributed by atoms with Crippen LogP contribution in [0.1, 0.15) is 25.8 Å². The average Bonchev–Trinajstić information content (AvgIpc) is 2.72. The Hall–Kier alpha value is -0.380. The van der Waals surface area contributed by atoms with Gasteiger partial charge in [0.1, 0.15) is 0 Å². The Balaban J connectivity index is 2.26. The lowest BCUT2D eigenvalue weighted by Crippen LogP contribution is -2.20. The van der Waals surface area contributed by atoms with Crippen LogP contribution in [0.3, 0.4) is 0 Å². The molecule has 0 aromatic heterocycles. The predicted octanol–water partition coefficient (Wildman–Crippen LogP) is 4.99. The van der Waals surface area contributed by atoms with Gasteiger partial charge in [0.15, 0.2) is 5.17 Å². The van der Waals surface area contributed by atoms with Crippen LogP contribution in [0.15, 0.2) is 17.1 Å². The number of rotatable bonds is 2. The first-order valence-corrected chi connectivity index (χ1v) is 7.63. The lowest BCUT2D eigenvalue weighted by molar-refractivity contribution is 0.523. The molecule has 0 spiro atoms. The maximum atomic E-state index is 6.27. The van der Waals surface area contributed by atoms with Crippen LogP contribution in [0.5, 0.6) is 0 Å². The van der Waals surface area contributed by atoms with E-state index in [-0.39, 0.29) is 5.54 Å². The zero-order valence-electron chi connectivity index (χ0n) is 10.7. The minimum atomic E-state index is 0.0236. The summed E-state index contributed by atoms with van der Waals surface area (Å²) in [5, 5.41) is 5.44. The third-order valence-electron chi connectivity index (χ3n) is 3.17. The zero-order chi connectivity index (χ0) is 13.3. The van der Waals surface area contributed by atoms with E-state index in [1.165, 1.54) is 0 Å². The van der Waals surface area contributed by atoms with Gasteiger partial charge in [0.05, 0.1) is 21.3 Å². The van der Waals surface area contributed by atoms with Crippen LogP contribution in [0.25, 0.3) is 0 Å². The van der Waals surface area contributed by atoms with Gasteiger partial charge in [0, 0.05) is 5.75 Å². The van der Waals surface area contributed by atoms with Crippen molar-refractivity contribution < 1.29 is 0 Å². The summed E-state index contributed by atoms with van der Waals surface area (Å²) < 4.78 is 0.